The third-order valence-electron chi connectivity index (χ3n) is 12.9. The van der Waals surface area contributed by atoms with Gasteiger partial charge in [-0.05, 0) is 100 Å². The molecule has 4 aliphatic carbocycles. The Morgan fingerprint density at radius 1 is 0.185 bits per heavy atom. The first kappa shape index (κ1) is 30.0. The zero-order chi connectivity index (χ0) is 35.3. The van der Waals surface area contributed by atoms with E-state index in [1.54, 1.807) is 0 Å². The quantitative estimate of drug-likeness (QED) is 0.162. The first-order chi connectivity index (χ1) is 26.9. The van der Waals surface area contributed by atoms with E-state index in [1.807, 2.05) is 0 Å². The summed E-state index contributed by atoms with van der Waals surface area (Å²) in [6, 6.07) is 73.9. The van der Waals surface area contributed by atoms with Gasteiger partial charge in [-0.3, -0.25) is 0 Å². The third-order valence-corrected chi connectivity index (χ3v) is 12.9. The lowest BCUT2D eigenvalue weighted by Crippen LogP contribution is -2.20. The van der Waals surface area contributed by atoms with Crippen LogP contribution >= 0.6 is 0 Å². The van der Waals surface area contributed by atoms with Gasteiger partial charge in [-0.25, -0.2) is 0 Å². The molecule has 54 heavy (non-hydrogen) atoms. The molecule has 12 rings (SSSR count). The van der Waals surface area contributed by atoms with E-state index in [0.717, 1.165) is 0 Å². The summed E-state index contributed by atoms with van der Waals surface area (Å²) in [7, 11) is 0. The first-order valence-corrected chi connectivity index (χ1v) is 19.3. The Kier molecular flexibility index (Phi) is 6.39. The number of hydrogen-bond donors (Lipinski definition) is 0. The van der Waals surface area contributed by atoms with Gasteiger partial charge >= 0.3 is 0 Å². The molecule has 0 bridgehead atoms. The first-order valence-electron chi connectivity index (χ1n) is 19.3. The molecule has 252 valence electrons. The molecule has 0 N–H and O–H groups in total. The predicted octanol–water partition coefficient (Wildman–Crippen LogP) is 13.5. The van der Waals surface area contributed by atoms with E-state index in [1.165, 1.54) is 100 Å². The van der Waals surface area contributed by atoms with Crippen LogP contribution in [-0.2, 0) is 0 Å². The normalized spacial score (nSPS) is 14.7. The summed E-state index contributed by atoms with van der Waals surface area (Å²) >= 11 is 0. The second-order valence-corrected chi connectivity index (χ2v) is 15.3. The van der Waals surface area contributed by atoms with Crippen LogP contribution in [0.25, 0.3) is 44.5 Å². The highest BCUT2D eigenvalue weighted by molar-refractivity contribution is 5.89. The Hall–Kier alpha value is -6.50. The molecule has 4 aliphatic rings. The molecule has 0 saturated heterocycles. The van der Waals surface area contributed by atoms with Crippen LogP contribution in [0.5, 0.6) is 0 Å². The highest BCUT2D eigenvalue weighted by Crippen LogP contribution is 2.64. The SMILES string of the molecule is c1ccc2c(c1)-c1ccccc1C2C(=C(C1c2ccccc2-c2ccccc21)C1c2ccccc2-c2ccccc21)C1c2ccccc2-c2ccccc21. The van der Waals surface area contributed by atoms with Gasteiger partial charge in [-0.15, -0.1) is 0 Å². The largest absolute Gasteiger partial charge is 0.0619 e. The van der Waals surface area contributed by atoms with E-state index in [2.05, 4.69) is 194 Å². The fourth-order valence-corrected chi connectivity index (χ4v) is 11.0. The molecule has 0 atom stereocenters. The van der Waals surface area contributed by atoms with Crippen molar-refractivity contribution in [2.75, 3.05) is 0 Å². The summed E-state index contributed by atoms with van der Waals surface area (Å²) in [5.74, 6) is 0.265. The van der Waals surface area contributed by atoms with E-state index in [9.17, 15) is 0 Å². The third kappa shape index (κ3) is 4.03. The summed E-state index contributed by atoms with van der Waals surface area (Å²) in [6.07, 6.45) is 0. The minimum atomic E-state index is 0.0662. The van der Waals surface area contributed by atoms with E-state index in [4.69, 9.17) is 0 Å². The number of hydrogen-bond acceptors (Lipinski definition) is 0. The molecule has 0 heterocycles. The molecule has 0 nitrogen and oxygen atoms in total. The smallest absolute Gasteiger partial charge is 0.0324 e. The van der Waals surface area contributed by atoms with Crippen LogP contribution in [0.4, 0.5) is 0 Å². The minimum absolute atomic E-state index is 0.0662. The highest BCUT2D eigenvalue weighted by Gasteiger charge is 2.47. The molecule has 0 spiro atoms. The molecule has 0 heteroatoms. The Bertz CT molecular complexity index is 2290. The molecule has 0 aromatic heterocycles. The van der Waals surface area contributed by atoms with Crippen molar-refractivity contribution in [3.63, 3.8) is 0 Å². The highest BCUT2D eigenvalue weighted by atomic mass is 14.5. The van der Waals surface area contributed by atoms with Crippen LogP contribution in [0.3, 0.4) is 0 Å². The monoisotopic (exact) mass is 684 g/mol. The maximum atomic E-state index is 2.41. The fraction of sp³-hybridized carbons (Fsp3) is 0.0741. The summed E-state index contributed by atoms with van der Waals surface area (Å²) in [5.41, 5.74) is 25.2. The summed E-state index contributed by atoms with van der Waals surface area (Å²) in [5, 5.41) is 0. The number of fused-ring (bicyclic) bond motifs is 12. The molecule has 0 amide bonds. The van der Waals surface area contributed by atoms with Crippen molar-refractivity contribution < 1.29 is 0 Å². The van der Waals surface area contributed by atoms with Crippen LogP contribution < -0.4 is 0 Å². The van der Waals surface area contributed by atoms with Crippen molar-refractivity contribution in [3.05, 3.63) is 250 Å². The van der Waals surface area contributed by atoms with Crippen LogP contribution in [-0.4, -0.2) is 0 Å². The molecule has 8 aromatic carbocycles. The van der Waals surface area contributed by atoms with Gasteiger partial charge in [0.25, 0.3) is 0 Å². The molecule has 0 unspecified atom stereocenters. The van der Waals surface area contributed by atoms with Crippen LogP contribution in [0, 0.1) is 0 Å². The summed E-state index contributed by atoms with van der Waals surface area (Å²) < 4.78 is 0. The summed E-state index contributed by atoms with van der Waals surface area (Å²) in [6.45, 7) is 0. The van der Waals surface area contributed by atoms with Crippen molar-refractivity contribution in [1.29, 1.82) is 0 Å². The summed E-state index contributed by atoms with van der Waals surface area (Å²) in [4.78, 5) is 0. The molecular formula is C54H36. The van der Waals surface area contributed by atoms with E-state index < -0.39 is 0 Å². The lowest BCUT2D eigenvalue weighted by molar-refractivity contribution is 0.745. The Labute approximate surface area is 316 Å². The minimum Gasteiger partial charge on any atom is -0.0619 e. The van der Waals surface area contributed by atoms with Gasteiger partial charge < -0.3 is 0 Å². The van der Waals surface area contributed by atoms with Gasteiger partial charge in [0.05, 0.1) is 0 Å². The van der Waals surface area contributed by atoms with Gasteiger partial charge in [0.2, 0.25) is 0 Å². The maximum absolute atomic E-state index is 2.41. The van der Waals surface area contributed by atoms with Gasteiger partial charge in [-0.2, -0.15) is 0 Å². The molecule has 0 fully saturated rings. The van der Waals surface area contributed by atoms with Crippen molar-refractivity contribution in [1.82, 2.24) is 0 Å². The van der Waals surface area contributed by atoms with Crippen LogP contribution in [0.2, 0.25) is 0 Å². The Morgan fingerprint density at radius 3 is 0.463 bits per heavy atom. The number of benzene rings is 8. The van der Waals surface area contributed by atoms with Crippen LogP contribution in [0.15, 0.2) is 205 Å². The lowest BCUT2D eigenvalue weighted by atomic mass is 9.67. The van der Waals surface area contributed by atoms with Crippen molar-refractivity contribution in [3.8, 4) is 44.5 Å². The van der Waals surface area contributed by atoms with Crippen LogP contribution in [0.1, 0.15) is 68.2 Å². The second kappa shape index (κ2) is 11.5. The molecule has 0 aliphatic heterocycles. The number of allylic oxidation sites excluding steroid dienone is 2. The van der Waals surface area contributed by atoms with Crippen molar-refractivity contribution >= 4 is 0 Å². The van der Waals surface area contributed by atoms with Gasteiger partial charge in [-0.1, -0.05) is 194 Å². The van der Waals surface area contributed by atoms with Gasteiger partial charge in [0.1, 0.15) is 0 Å². The van der Waals surface area contributed by atoms with Crippen molar-refractivity contribution in [2.45, 2.75) is 23.7 Å². The fourth-order valence-electron chi connectivity index (χ4n) is 11.0. The van der Waals surface area contributed by atoms with E-state index >= 15 is 0 Å². The topological polar surface area (TPSA) is 0 Å². The average Bonchev–Trinajstić information content (AvgIpc) is 3.96. The number of rotatable bonds is 4. The molecule has 8 aromatic rings. The Balaban J connectivity index is 1.30. The van der Waals surface area contributed by atoms with Gasteiger partial charge in [0, 0.05) is 23.7 Å². The lowest BCUT2D eigenvalue weighted by Gasteiger charge is -2.35. The zero-order valence-electron chi connectivity index (χ0n) is 29.8. The zero-order valence-corrected chi connectivity index (χ0v) is 29.8. The standard InChI is InChI=1S/C54H36/c1-9-25-41-33(17-1)34-18-2-10-26-42(34)49(41)53(50-43-27-11-3-19-35(43)36-20-4-12-28-44(36)50)54(51-45-29-13-5-21-37(45)38-22-6-14-30-46(38)51)52-47-31-15-7-23-39(47)40-24-8-16-32-48(40)52/h1-32,49-52H. The molecule has 0 saturated carbocycles. The Morgan fingerprint density at radius 2 is 0.315 bits per heavy atom. The van der Waals surface area contributed by atoms with Gasteiger partial charge in [0.15, 0.2) is 0 Å². The second-order valence-electron chi connectivity index (χ2n) is 15.3. The molecule has 0 radical (unpaired) electrons. The average molecular weight is 685 g/mol. The van der Waals surface area contributed by atoms with E-state index in [0.29, 0.717) is 0 Å². The molecular weight excluding hydrogens is 649 g/mol. The predicted molar refractivity (Wildman–Crippen MR) is 222 cm³/mol. The maximum Gasteiger partial charge on any atom is 0.0324 e. The van der Waals surface area contributed by atoms with Crippen molar-refractivity contribution in [2.24, 2.45) is 0 Å². The van der Waals surface area contributed by atoms with E-state index in [-0.39, 0.29) is 23.7 Å².